The first-order valence-corrected chi connectivity index (χ1v) is 12.8. The number of hydrazone groups is 1. The molecule has 9 heteroatoms. The first kappa shape index (κ1) is 27.7. The van der Waals surface area contributed by atoms with Gasteiger partial charge in [0.25, 0.3) is 11.8 Å². The molecule has 3 aromatic rings. The van der Waals surface area contributed by atoms with E-state index in [-0.39, 0.29) is 11.4 Å². The molecule has 0 saturated heterocycles. The van der Waals surface area contributed by atoms with Crippen LogP contribution in [0.2, 0.25) is 0 Å². The van der Waals surface area contributed by atoms with Gasteiger partial charge in [0.1, 0.15) is 5.70 Å². The van der Waals surface area contributed by atoms with Gasteiger partial charge in [-0.05, 0) is 90.0 Å². The lowest BCUT2D eigenvalue weighted by Gasteiger charge is -2.20. The summed E-state index contributed by atoms with van der Waals surface area (Å²) in [6, 6.07) is 19.7. The minimum absolute atomic E-state index is 0.0325. The number of methoxy groups -OCH3 is 1. The van der Waals surface area contributed by atoms with Gasteiger partial charge in [0.05, 0.1) is 16.9 Å². The fraction of sp³-hybridized carbons (Fsp3) is 0.179. The van der Waals surface area contributed by atoms with Crippen LogP contribution in [0.5, 0.6) is 11.5 Å². The molecular weight excluding hydrogens is 583 g/mol. The van der Waals surface area contributed by atoms with Crippen LogP contribution >= 0.6 is 22.6 Å². The molecule has 8 nitrogen and oxygen atoms in total. The third-order valence-electron chi connectivity index (χ3n) is 5.51. The predicted octanol–water partition coefficient (Wildman–Crippen LogP) is 4.77. The molecule has 37 heavy (non-hydrogen) atoms. The Hall–Kier alpha value is -3.86. The minimum atomic E-state index is -0.589. The van der Waals surface area contributed by atoms with Gasteiger partial charge in [-0.2, -0.15) is 5.10 Å². The lowest BCUT2D eigenvalue weighted by atomic mass is 10.1. The van der Waals surface area contributed by atoms with Gasteiger partial charge in [0.2, 0.25) is 0 Å². The van der Waals surface area contributed by atoms with Gasteiger partial charge < -0.3 is 20.1 Å². The second-order valence-electron chi connectivity index (χ2n) is 7.89. The van der Waals surface area contributed by atoms with Crippen molar-refractivity contribution in [3.8, 4) is 11.5 Å². The summed E-state index contributed by atoms with van der Waals surface area (Å²) in [5.74, 6) is -0.675. The molecule has 3 rings (SSSR count). The molecule has 0 radical (unpaired) electrons. The van der Waals surface area contributed by atoms with Crippen molar-refractivity contribution in [2.24, 2.45) is 5.10 Å². The van der Waals surface area contributed by atoms with Crippen LogP contribution < -0.4 is 20.4 Å². The van der Waals surface area contributed by atoms with Crippen molar-refractivity contribution < 1.29 is 19.4 Å². The molecule has 0 bridgehead atoms. The summed E-state index contributed by atoms with van der Waals surface area (Å²) < 4.78 is 5.74. The lowest BCUT2D eigenvalue weighted by molar-refractivity contribution is -0.117. The number of benzene rings is 3. The number of halogens is 1. The molecule has 0 heterocycles. The summed E-state index contributed by atoms with van der Waals surface area (Å²) >= 11 is 1.98. The van der Waals surface area contributed by atoms with E-state index in [4.69, 9.17) is 4.74 Å². The number of aromatic hydroxyl groups is 1. The Morgan fingerprint density at radius 3 is 2.32 bits per heavy atom. The summed E-state index contributed by atoms with van der Waals surface area (Å²) in [5.41, 5.74) is 5.36. The number of hydrogen-bond donors (Lipinski definition) is 3. The van der Waals surface area contributed by atoms with Crippen LogP contribution in [-0.4, -0.2) is 43.3 Å². The Balaban J connectivity index is 1.84. The smallest absolute Gasteiger partial charge is 0.287 e. The van der Waals surface area contributed by atoms with Crippen LogP contribution in [0.15, 0.2) is 77.5 Å². The van der Waals surface area contributed by atoms with Crippen molar-refractivity contribution in [3.63, 3.8) is 0 Å². The molecule has 0 aliphatic heterocycles. The van der Waals surface area contributed by atoms with Gasteiger partial charge >= 0.3 is 0 Å². The molecular formula is C28H29IN4O4. The number of phenolic OH excluding ortho intramolecular Hbond substituents is 1. The van der Waals surface area contributed by atoms with E-state index in [0.29, 0.717) is 20.4 Å². The van der Waals surface area contributed by atoms with Crippen LogP contribution in [0.25, 0.3) is 6.08 Å². The Kier molecular flexibility index (Phi) is 10.1. The highest BCUT2D eigenvalue weighted by Crippen LogP contribution is 2.31. The van der Waals surface area contributed by atoms with Crippen molar-refractivity contribution in [2.75, 3.05) is 25.1 Å². The maximum Gasteiger partial charge on any atom is 0.287 e. The monoisotopic (exact) mass is 612 g/mol. The summed E-state index contributed by atoms with van der Waals surface area (Å²) in [6.07, 6.45) is 3.03. The number of ether oxygens (including phenoxy) is 1. The SMILES string of the molecule is CCN(CC)c1ccc(/C=C(/NC(=O)c2ccccc2)C(=O)N/N=C/c2cc(I)c(O)c(OC)c2)cc1. The van der Waals surface area contributed by atoms with Crippen molar-refractivity contribution in [1.82, 2.24) is 10.7 Å². The number of carbonyl (C=O) groups is 2. The van der Waals surface area contributed by atoms with Crippen LogP contribution in [-0.2, 0) is 4.79 Å². The summed E-state index contributed by atoms with van der Waals surface area (Å²) in [7, 11) is 1.45. The van der Waals surface area contributed by atoms with E-state index in [2.05, 4.69) is 34.6 Å². The van der Waals surface area contributed by atoms with Crippen molar-refractivity contribution in [1.29, 1.82) is 0 Å². The van der Waals surface area contributed by atoms with E-state index in [9.17, 15) is 14.7 Å². The maximum atomic E-state index is 13.0. The van der Waals surface area contributed by atoms with E-state index in [0.717, 1.165) is 24.3 Å². The largest absolute Gasteiger partial charge is 0.504 e. The summed E-state index contributed by atoms with van der Waals surface area (Å²) in [5, 5.41) is 16.7. The zero-order valence-corrected chi connectivity index (χ0v) is 23.0. The van der Waals surface area contributed by atoms with Crippen molar-refractivity contribution in [3.05, 3.63) is 92.7 Å². The van der Waals surface area contributed by atoms with Gasteiger partial charge in [-0.15, -0.1) is 0 Å². The fourth-order valence-electron chi connectivity index (χ4n) is 3.53. The van der Waals surface area contributed by atoms with E-state index in [1.807, 2.05) is 52.9 Å². The number of nitrogens with one attached hydrogen (secondary N) is 2. The van der Waals surface area contributed by atoms with Crippen LogP contribution in [0.4, 0.5) is 5.69 Å². The molecule has 0 atom stereocenters. The topological polar surface area (TPSA) is 103 Å². The molecule has 3 N–H and O–H groups in total. The molecule has 0 saturated carbocycles. The second-order valence-corrected chi connectivity index (χ2v) is 9.06. The highest BCUT2D eigenvalue weighted by atomic mass is 127. The molecule has 0 unspecified atom stereocenters. The van der Waals surface area contributed by atoms with Crippen LogP contribution in [0, 0.1) is 3.57 Å². The first-order chi connectivity index (χ1) is 17.9. The van der Waals surface area contributed by atoms with Crippen LogP contribution in [0.1, 0.15) is 35.3 Å². The highest BCUT2D eigenvalue weighted by Gasteiger charge is 2.15. The molecule has 0 aliphatic rings. The zero-order valence-electron chi connectivity index (χ0n) is 20.9. The number of amides is 2. The average Bonchev–Trinajstić information content (AvgIpc) is 2.92. The lowest BCUT2D eigenvalue weighted by Crippen LogP contribution is -2.32. The third kappa shape index (κ3) is 7.56. The molecule has 0 spiro atoms. The number of hydrogen-bond acceptors (Lipinski definition) is 6. The highest BCUT2D eigenvalue weighted by molar-refractivity contribution is 14.1. The van der Waals surface area contributed by atoms with Gasteiger partial charge in [-0.3, -0.25) is 9.59 Å². The quantitative estimate of drug-likeness (QED) is 0.133. The Morgan fingerprint density at radius 2 is 1.70 bits per heavy atom. The molecule has 2 amide bonds. The maximum absolute atomic E-state index is 13.0. The molecule has 0 aliphatic carbocycles. The van der Waals surface area contributed by atoms with Crippen molar-refractivity contribution in [2.45, 2.75) is 13.8 Å². The number of phenols is 1. The van der Waals surface area contributed by atoms with Crippen molar-refractivity contribution >= 4 is 52.4 Å². The summed E-state index contributed by atoms with van der Waals surface area (Å²) in [6.45, 7) is 5.95. The predicted molar refractivity (Wildman–Crippen MR) is 155 cm³/mol. The normalized spacial score (nSPS) is 11.3. The van der Waals surface area contributed by atoms with Crippen LogP contribution in [0.3, 0.4) is 0 Å². The number of rotatable bonds is 10. The third-order valence-corrected chi connectivity index (χ3v) is 6.33. The average molecular weight is 612 g/mol. The van der Waals surface area contributed by atoms with E-state index < -0.39 is 11.8 Å². The molecule has 3 aromatic carbocycles. The first-order valence-electron chi connectivity index (χ1n) is 11.7. The van der Waals surface area contributed by atoms with Gasteiger partial charge in [0, 0.05) is 24.3 Å². The molecule has 0 fully saturated rings. The Morgan fingerprint density at radius 1 is 1.03 bits per heavy atom. The standard InChI is InChI=1S/C28H29IN4O4/c1-4-33(5-2)22-13-11-19(12-14-22)16-24(31-27(35)21-9-7-6-8-10-21)28(36)32-30-18-20-15-23(29)26(34)25(17-20)37-3/h6-18,34H,4-5H2,1-3H3,(H,31,35)(H,32,36)/b24-16+,30-18+. The molecule has 0 aromatic heterocycles. The van der Waals surface area contributed by atoms with E-state index >= 15 is 0 Å². The molecule has 192 valence electrons. The van der Waals surface area contributed by atoms with Gasteiger partial charge in [-0.25, -0.2) is 5.43 Å². The number of nitrogens with zero attached hydrogens (tertiary/aromatic N) is 2. The van der Waals surface area contributed by atoms with E-state index in [1.165, 1.54) is 13.3 Å². The van der Waals surface area contributed by atoms with Gasteiger partial charge in [-0.1, -0.05) is 30.3 Å². The second kappa shape index (κ2) is 13.4. The Labute approximate surface area is 230 Å². The summed E-state index contributed by atoms with van der Waals surface area (Å²) in [4.78, 5) is 28.0. The van der Waals surface area contributed by atoms with E-state index in [1.54, 1.807) is 42.5 Å². The minimum Gasteiger partial charge on any atom is -0.504 e. The van der Waals surface area contributed by atoms with Gasteiger partial charge in [0.15, 0.2) is 11.5 Å². The zero-order chi connectivity index (χ0) is 26.8. The Bertz CT molecular complexity index is 1290. The number of anilines is 1. The number of carbonyl (C=O) groups excluding carboxylic acids is 2. The fourth-order valence-corrected chi connectivity index (χ4v) is 4.15.